The average molecular weight is 416 g/mol. The van der Waals surface area contributed by atoms with Crippen molar-refractivity contribution in [3.8, 4) is 0 Å². The number of sulfonamides is 1. The summed E-state index contributed by atoms with van der Waals surface area (Å²) in [5.74, 6) is 0.928. The molecule has 0 unspecified atom stereocenters. The number of amides is 1. The first-order chi connectivity index (χ1) is 14.0. The number of rotatable bonds is 3. The van der Waals surface area contributed by atoms with Crippen LogP contribution in [0.1, 0.15) is 57.4 Å². The van der Waals surface area contributed by atoms with Crippen LogP contribution < -0.4 is 5.32 Å². The third-order valence-electron chi connectivity index (χ3n) is 6.29. The van der Waals surface area contributed by atoms with Crippen molar-refractivity contribution in [3.63, 3.8) is 0 Å². The van der Waals surface area contributed by atoms with Crippen molar-refractivity contribution in [2.45, 2.75) is 57.9 Å². The first-order valence-corrected chi connectivity index (χ1v) is 12.1. The lowest BCUT2D eigenvalue weighted by Crippen LogP contribution is -2.48. The maximum atomic E-state index is 12.7. The Bertz CT molecular complexity index is 923. The summed E-state index contributed by atoms with van der Waals surface area (Å²) in [6, 6.07) is 9.32. The van der Waals surface area contributed by atoms with Crippen molar-refractivity contribution in [1.82, 2.24) is 10.2 Å². The van der Waals surface area contributed by atoms with E-state index >= 15 is 0 Å². The zero-order valence-corrected chi connectivity index (χ0v) is 17.7. The second kappa shape index (κ2) is 8.30. The minimum atomic E-state index is -3.68. The second-order valence-corrected chi connectivity index (χ2v) is 9.86. The molecule has 156 valence electrons. The van der Waals surface area contributed by atoms with E-state index < -0.39 is 10.0 Å². The highest BCUT2D eigenvalue weighted by atomic mass is 32.2. The van der Waals surface area contributed by atoms with Crippen molar-refractivity contribution < 1.29 is 13.2 Å². The monoisotopic (exact) mass is 415 g/mol. The number of nitrogens with one attached hydrogen (secondary N) is 1. The normalized spacial score (nSPS) is 23.2. The number of amidine groups is 1. The molecule has 0 aromatic heterocycles. The van der Waals surface area contributed by atoms with E-state index in [4.69, 9.17) is 0 Å². The molecule has 1 aliphatic carbocycles. The lowest BCUT2D eigenvalue weighted by Gasteiger charge is -2.34. The Morgan fingerprint density at radius 1 is 1.03 bits per heavy atom. The molecule has 0 atom stereocenters. The number of piperidine rings is 1. The highest BCUT2D eigenvalue weighted by Crippen LogP contribution is 2.34. The van der Waals surface area contributed by atoms with Crippen LogP contribution in [0.3, 0.4) is 0 Å². The van der Waals surface area contributed by atoms with Crippen LogP contribution in [-0.4, -0.2) is 44.2 Å². The summed E-state index contributed by atoms with van der Waals surface area (Å²) in [4.78, 5) is 14.9. The van der Waals surface area contributed by atoms with Gasteiger partial charge in [-0.05, 0) is 38.2 Å². The molecule has 1 aromatic rings. The van der Waals surface area contributed by atoms with Gasteiger partial charge in [-0.2, -0.15) is 8.42 Å². The highest BCUT2D eigenvalue weighted by molar-refractivity contribution is 8.00. The largest absolute Gasteiger partial charge is 0.356 e. The molecule has 3 aliphatic rings. The molecule has 1 amide bonds. The fourth-order valence-corrected chi connectivity index (χ4v) is 6.18. The van der Waals surface area contributed by atoms with Gasteiger partial charge in [-0.25, -0.2) is 0 Å². The maximum Gasteiger partial charge on any atom is 0.285 e. The summed E-state index contributed by atoms with van der Waals surface area (Å²) in [5, 5.41) is 3.23. The van der Waals surface area contributed by atoms with Gasteiger partial charge in [0.25, 0.3) is 10.0 Å². The average Bonchev–Trinajstić information content (AvgIpc) is 2.98. The minimum Gasteiger partial charge on any atom is -0.356 e. The Kier molecular flexibility index (Phi) is 5.76. The molecule has 29 heavy (non-hydrogen) atoms. The molecular weight excluding hydrogens is 386 g/mol. The van der Waals surface area contributed by atoms with Gasteiger partial charge in [0, 0.05) is 30.6 Å². The quantitative estimate of drug-likeness (QED) is 0.821. The fourth-order valence-electron chi connectivity index (χ4n) is 4.69. The lowest BCUT2D eigenvalue weighted by atomic mass is 9.88. The van der Waals surface area contributed by atoms with Crippen LogP contribution in [0, 0.1) is 5.92 Å². The van der Waals surface area contributed by atoms with Crippen LogP contribution in [0.2, 0.25) is 0 Å². The van der Waals surface area contributed by atoms with E-state index in [2.05, 4.69) is 9.71 Å². The molecule has 2 fully saturated rings. The van der Waals surface area contributed by atoms with Crippen molar-refractivity contribution >= 4 is 26.7 Å². The first-order valence-electron chi connectivity index (χ1n) is 10.6. The SMILES string of the molecule is CC1=C(c2ccccc2)S(=O)(=O)N=C1N1CCC(NC(=O)C2CCCCC2)CC1. The van der Waals surface area contributed by atoms with Crippen LogP contribution in [0.4, 0.5) is 0 Å². The molecular formula is C22H29N3O3S. The van der Waals surface area contributed by atoms with Crippen LogP contribution in [-0.2, 0) is 14.8 Å². The zero-order chi connectivity index (χ0) is 20.4. The van der Waals surface area contributed by atoms with Crippen molar-refractivity contribution in [3.05, 3.63) is 41.5 Å². The summed E-state index contributed by atoms with van der Waals surface area (Å²) >= 11 is 0. The van der Waals surface area contributed by atoms with Gasteiger partial charge in [0.2, 0.25) is 5.91 Å². The van der Waals surface area contributed by atoms with E-state index in [9.17, 15) is 13.2 Å². The van der Waals surface area contributed by atoms with Gasteiger partial charge in [-0.1, -0.05) is 49.6 Å². The smallest absolute Gasteiger partial charge is 0.285 e. The number of benzene rings is 1. The Hall–Kier alpha value is -2.15. The standard InChI is InChI=1S/C22H29N3O3S/c1-16-20(17-8-4-2-5-9-17)29(27,28)24-21(16)25-14-12-19(13-15-25)23-22(26)18-10-6-3-7-11-18/h2,4-5,8-9,18-19H,3,6-7,10-15H2,1H3,(H,23,26). The van der Waals surface area contributed by atoms with Crippen LogP contribution in [0.25, 0.3) is 4.91 Å². The molecule has 2 heterocycles. The number of likely N-dealkylation sites (tertiary alicyclic amines) is 1. The highest BCUT2D eigenvalue weighted by Gasteiger charge is 2.35. The molecule has 6 nitrogen and oxygen atoms in total. The van der Waals surface area contributed by atoms with E-state index in [1.807, 2.05) is 42.2 Å². The Balaban J connectivity index is 1.41. The Morgan fingerprint density at radius 2 is 1.69 bits per heavy atom. The third kappa shape index (κ3) is 4.25. The van der Waals surface area contributed by atoms with Crippen LogP contribution in [0.5, 0.6) is 0 Å². The molecule has 1 saturated carbocycles. The number of carbonyl (C=O) groups is 1. The second-order valence-electron chi connectivity index (χ2n) is 8.31. The zero-order valence-electron chi connectivity index (χ0n) is 16.9. The van der Waals surface area contributed by atoms with Gasteiger partial charge < -0.3 is 10.2 Å². The van der Waals surface area contributed by atoms with Crippen LogP contribution >= 0.6 is 0 Å². The molecule has 1 saturated heterocycles. The number of carbonyl (C=O) groups excluding carboxylic acids is 1. The van der Waals surface area contributed by atoms with Crippen molar-refractivity contribution in [2.24, 2.45) is 10.3 Å². The molecule has 1 N–H and O–H groups in total. The topological polar surface area (TPSA) is 78.8 Å². The predicted octanol–water partition coefficient (Wildman–Crippen LogP) is 3.32. The van der Waals surface area contributed by atoms with E-state index in [0.717, 1.165) is 38.5 Å². The first kappa shape index (κ1) is 20.1. The summed E-state index contributed by atoms with van der Waals surface area (Å²) in [6.07, 6.45) is 7.18. The van der Waals surface area contributed by atoms with Gasteiger partial charge in [0.05, 0.1) is 0 Å². The summed E-state index contributed by atoms with van der Waals surface area (Å²) in [6.45, 7) is 3.23. The van der Waals surface area contributed by atoms with Gasteiger partial charge in [0.1, 0.15) is 10.7 Å². The molecule has 0 spiro atoms. The predicted molar refractivity (Wildman–Crippen MR) is 115 cm³/mol. The minimum absolute atomic E-state index is 0.164. The molecule has 2 aliphatic heterocycles. The van der Waals surface area contributed by atoms with E-state index in [-0.39, 0.29) is 17.9 Å². The number of nitrogens with zero attached hydrogens (tertiary/aromatic N) is 2. The third-order valence-corrected chi connectivity index (χ3v) is 7.76. The summed E-state index contributed by atoms with van der Waals surface area (Å²) in [5.41, 5.74) is 1.39. The number of hydrogen-bond acceptors (Lipinski definition) is 4. The maximum absolute atomic E-state index is 12.7. The lowest BCUT2D eigenvalue weighted by molar-refractivity contribution is -0.126. The number of hydrogen-bond donors (Lipinski definition) is 1. The van der Waals surface area contributed by atoms with Crippen molar-refractivity contribution in [1.29, 1.82) is 0 Å². The van der Waals surface area contributed by atoms with Crippen molar-refractivity contribution in [2.75, 3.05) is 13.1 Å². The fraction of sp³-hybridized carbons (Fsp3) is 0.545. The van der Waals surface area contributed by atoms with Gasteiger partial charge in [-0.3, -0.25) is 4.79 Å². The van der Waals surface area contributed by atoms with E-state index in [0.29, 0.717) is 35.0 Å². The molecule has 0 bridgehead atoms. The van der Waals surface area contributed by atoms with Gasteiger partial charge in [-0.15, -0.1) is 4.40 Å². The summed E-state index contributed by atoms with van der Waals surface area (Å²) < 4.78 is 29.5. The molecule has 0 radical (unpaired) electrons. The van der Waals surface area contributed by atoms with Crippen LogP contribution in [0.15, 0.2) is 40.3 Å². The van der Waals surface area contributed by atoms with Gasteiger partial charge in [0.15, 0.2) is 0 Å². The van der Waals surface area contributed by atoms with E-state index in [1.165, 1.54) is 6.42 Å². The molecule has 1 aromatic carbocycles. The van der Waals surface area contributed by atoms with Gasteiger partial charge >= 0.3 is 0 Å². The Morgan fingerprint density at radius 3 is 2.34 bits per heavy atom. The molecule has 4 rings (SSSR count). The molecule has 7 heteroatoms. The summed E-state index contributed by atoms with van der Waals surface area (Å²) in [7, 11) is -3.68. The van der Waals surface area contributed by atoms with E-state index in [1.54, 1.807) is 0 Å². The Labute approximate surface area is 173 Å².